The highest BCUT2D eigenvalue weighted by Gasteiger charge is 2.43. The second-order valence-corrected chi connectivity index (χ2v) is 4.56. The van der Waals surface area contributed by atoms with Crippen LogP contribution < -0.4 is 0 Å². The Morgan fingerprint density at radius 3 is 2.40 bits per heavy atom. The van der Waals surface area contributed by atoms with Gasteiger partial charge in [-0.3, -0.25) is 4.90 Å². The van der Waals surface area contributed by atoms with Gasteiger partial charge in [-0.1, -0.05) is 13.8 Å². The fourth-order valence-corrected chi connectivity index (χ4v) is 2.01. The molecular formula is C10H18F3NO. The molecule has 15 heavy (non-hydrogen) atoms. The molecule has 2 nitrogen and oxygen atoms in total. The Balaban J connectivity index is 2.56. The molecule has 1 saturated heterocycles. The van der Waals surface area contributed by atoms with E-state index in [1.807, 2.05) is 13.8 Å². The molecular weight excluding hydrogens is 207 g/mol. The summed E-state index contributed by atoms with van der Waals surface area (Å²) in [6.45, 7) is 4.70. The molecule has 1 N–H and O–H groups in total. The zero-order chi connectivity index (χ0) is 11.6. The number of piperidine rings is 1. The molecule has 0 aromatic heterocycles. The van der Waals surface area contributed by atoms with Gasteiger partial charge in [-0.15, -0.1) is 0 Å². The van der Waals surface area contributed by atoms with Crippen LogP contribution in [0.25, 0.3) is 0 Å². The van der Waals surface area contributed by atoms with Crippen molar-refractivity contribution in [2.24, 2.45) is 11.8 Å². The van der Waals surface area contributed by atoms with Gasteiger partial charge >= 0.3 is 6.18 Å². The molecule has 0 aliphatic carbocycles. The molecule has 0 amide bonds. The van der Waals surface area contributed by atoms with E-state index in [2.05, 4.69) is 0 Å². The number of likely N-dealkylation sites (tertiary alicyclic amines) is 1. The number of aliphatic hydroxyl groups excluding tert-OH is 1. The molecule has 0 bridgehead atoms. The van der Waals surface area contributed by atoms with Crippen LogP contribution in [0, 0.1) is 11.8 Å². The average molecular weight is 225 g/mol. The lowest BCUT2D eigenvalue weighted by atomic mass is 9.88. The summed E-state index contributed by atoms with van der Waals surface area (Å²) in [5, 5.41) is 9.11. The Morgan fingerprint density at radius 2 is 1.93 bits per heavy atom. The average Bonchev–Trinajstić information content (AvgIpc) is 2.15. The Kier molecular flexibility index (Phi) is 4.00. The van der Waals surface area contributed by atoms with E-state index < -0.39 is 12.4 Å². The van der Waals surface area contributed by atoms with E-state index in [9.17, 15) is 13.2 Å². The van der Waals surface area contributed by atoms with Crippen molar-refractivity contribution in [1.29, 1.82) is 0 Å². The zero-order valence-electron chi connectivity index (χ0n) is 9.09. The van der Waals surface area contributed by atoms with Crippen molar-refractivity contribution in [2.75, 3.05) is 13.1 Å². The Hall–Kier alpha value is -0.290. The minimum Gasteiger partial charge on any atom is -0.370 e. The zero-order valence-corrected chi connectivity index (χ0v) is 9.09. The van der Waals surface area contributed by atoms with Crippen molar-refractivity contribution in [1.82, 2.24) is 4.90 Å². The van der Waals surface area contributed by atoms with Crippen molar-refractivity contribution in [3.63, 3.8) is 0 Å². The largest absolute Gasteiger partial charge is 0.428 e. The Bertz CT molecular complexity index is 205. The Morgan fingerprint density at radius 1 is 1.33 bits per heavy atom. The lowest BCUT2D eigenvalue weighted by molar-refractivity contribution is -0.254. The molecule has 1 aliphatic rings. The summed E-state index contributed by atoms with van der Waals surface area (Å²) < 4.78 is 36.8. The number of hydrogen-bond acceptors (Lipinski definition) is 2. The van der Waals surface area contributed by atoms with E-state index in [0.29, 0.717) is 19.0 Å². The molecule has 0 aromatic carbocycles. The molecule has 1 rings (SSSR count). The van der Waals surface area contributed by atoms with Gasteiger partial charge in [0.2, 0.25) is 6.23 Å². The summed E-state index contributed by atoms with van der Waals surface area (Å²) >= 11 is 0. The lowest BCUT2D eigenvalue weighted by Crippen LogP contribution is -2.50. The third-order valence-corrected chi connectivity index (χ3v) is 3.07. The fraction of sp³-hybridized carbons (Fsp3) is 1.00. The fourth-order valence-electron chi connectivity index (χ4n) is 2.01. The Labute approximate surface area is 88.1 Å². The number of aliphatic hydroxyl groups is 1. The van der Waals surface area contributed by atoms with E-state index in [4.69, 9.17) is 5.11 Å². The second kappa shape index (κ2) is 4.70. The molecule has 5 heteroatoms. The van der Waals surface area contributed by atoms with E-state index in [0.717, 1.165) is 17.7 Å². The maximum Gasteiger partial charge on any atom is 0.428 e. The van der Waals surface area contributed by atoms with Crippen molar-refractivity contribution in [3.05, 3.63) is 0 Å². The monoisotopic (exact) mass is 225 g/mol. The smallest absolute Gasteiger partial charge is 0.370 e. The van der Waals surface area contributed by atoms with E-state index in [-0.39, 0.29) is 5.92 Å². The molecule has 0 saturated carbocycles. The highest BCUT2D eigenvalue weighted by Crippen LogP contribution is 2.29. The SMILES string of the molecule is CC(C)C1CCCN(C(O)C(F)(F)F)C1. The number of alkyl halides is 3. The van der Waals surface area contributed by atoms with Gasteiger partial charge in [-0.2, -0.15) is 13.2 Å². The molecule has 0 spiro atoms. The first-order chi connectivity index (χ1) is 6.82. The van der Waals surface area contributed by atoms with Crippen molar-refractivity contribution < 1.29 is 18.3 Å². The van der Waals surface area contributed by atoms with Gasteiger partial charge in [-0.25, -0.2) is 0 Å². The third-order valence-electron chi connectivity index (χ3n) is 3.07. The third kappa shape index (κ3) is 3.34. The first-order valence-electron chi connectivity index (χ1n) is 5.31. The van der Waals surface area contributed by atoms with E-state index in [1.165, 1.54) is 0 Å². The van der Waals surface area contributed by atoms with Crippen molar-refractivity contribution in [2.45, 2.75) is 39.1 Å². The van der Waals surface area contributed by atoms with Crippen LogP contribution in [0.3, 0.4) is 0 Å². The normalized spacial score (nSPS) is 27.0. The highest BCUT2D eigenvalue weighted by molar-refractivity contribution is 4.78. The van der Waals surface area contributed by atoms with Crippen LogP contribution in [-0.4, -0.2) is 35.5 Å². The van der Waals surface area contributed by atoms with Crippen LogP contribution >= 0.6 is 0 Å². The first kappa shape index (κ1) is 12.8. The van der Waals surface area contributed by atoms with Crippen LogP contribution in [0.4, 0.5) is 13.2 Å². The number of halogens is 3. The number of rotatable bonds is 2. The molecule has 1 aliphatic heterocycles. The van der Waals surface area contributed by atoms with Gasteiger partial charge in [0.05, 0.1) is 0 Å². The van der Waals surface area contributed by atoms with Gasteiger partial charge in [0.1, 0.15) is 0 Å². The quantitative estimate of drug-likeness (QED) is 0.779. The summed E-state index contributed by atoms with van der Waals surface area (Å²) in [6, 6.07) is 0. The minimum absolute atomic E-state index is 0.260. The predicted molar refractivity (Wildman–Crippen MR) is 51.2 cm³/mol. The van der Waals surface area contributed by atoms with Gasteiger partial charge < -0.3 is 5.11 Å². The lowest BCUT2D eigenvalue weighted by Gasteiger charge is -2.37. The maximum absolute atomic E-state index is 12.3. The number of hydrogen-bond donors (Lipinski definition) is 1. The minimum atomic E-state index is -4.53. The van der Waals surface area contributed by atoms with Crippen LogP contribution in [0.15, 0.2) is 0 Å². The van der Waals surface area contributed by atoms with E-state index in [1.54, 1.807) is 0 Å². The summed E-state index contributed by atoms with van der Waals surface area (Å²) in [5.41, 5.74) is 0. The first-order valence-corrected chi connectivity index (χ1v) is 5.31. The molecule has 1 heterocycles. The molecule has 0 radical (unpaired) electrons. The molecule has 90 valence electrons. The predicted octanol–water partition coefficient (Wildman–Crippen LogP) is 2.24. The summed E-state index contributed by atoms with van der Waals surface area (Å²) in [6.07, 6.45) is -5.13. The van der Waals surface area contributed by atoms with Gasteiger partial charge in [0.25, 0.3) is 0 Å². The van der Waals surface area contributed by atoms with Crippen molar-refractivity contribution >= 4 is 0 Å². The number of nitrogens with zero attached hydrogens (tertiary/aromatic N) is 1. The second-order valence-electron chi connectivity index (χ2n) is 4.56. The van der Waals surface area contributed by atoms with Crippen LogP contribution in [-0.2, 0) is 0 Å². The molecule has 2 unspecified atom stereocenters. The van der Waals surface area contributed by atoms with Crippen molar-refractivity contribution in [3.8, 4) is 0 Å². The molecule has 0 aromatic rings. The molecule has 1 fully saturated rings. The maximum atomic E-state index is 12.3. The van der Waals surface area contributed by atoms with Gasteiger partial charge in [-0.05, 0) is 24.7 Å². The standard InChI is InChI=1S/C10H18F3NO/c1-7(2)8-4-3-5-14(6-8)9(15)10(11,12)13/h7-9,15H,3-6H2,1-2H3. The topological polar surface area (TPSA) is 23.5 Å². The van der Waals surface area contributed by atoms with E-state index >= 15 is 0 Å². The molecule has 2 atom stereocenters. The van der Waals surface area contributed by atoms with Crippen LogP contribution in [0.2, 0.25) is 0 Å². The van der Waals surface area contributed by atoms with Crippen LogP contribution in [0.5, 0.6) is 0 Å². The summed E-state index contributed by atoms with van der Waals surface area (Å²) in [5.74, 6) is 0.629. The summed E-state index contributed by atoms with van der Waals surface area (Å²) in [7, 11) is 0. The van der Waals surface area contributed by atoms with Crippen LogP contribution in [0.1, 0.15) is 26.7 Å². The van der Waals surface area contributed by atoms with Gasteiger partial charge in [0, 0.05) is 13.1 Å². The summed E-state index contributed by atoms with van der Waals surface area (Å²) in [4.78, 5) is 1.13. The highest BCUT2D eigenvalue weighted by atomic mass is 19.4. The van der Waals surface area contributed by atoms with Gasteiger partial charge in [0.15, 0.2) is 0 Å².